The lowest BCUT2D eigenvalue weighted by Crippen LogP contribution is -2.22. The third kappa shape index (κ3) is 1.62. The van der Waals surface area contributed by atoms with Gasteiger partial charge in [0.2, 0.25) is 0 Å². The number of fused-ring (bicyclic) bond motifs is 1. The van der Waals surface area contributed by atoms with Crippen LogP contribution in [0.4, 0.5) is 0 Å². The van der Waals surface area contributed by atoms with Gasteiger partial charge in [-0.15, -0.1) is 0 Å². The van der Waals surface area contributed by atoms with Gasteiger partial charge in [0.1, 0.15) is 5.69 Å². The average Bonchev–Trinajstić information content (AvgIpc) is 2.83. The van der Waals surface area contributed by atoms with Crippen molar-refractivity contribution in [2.75, 3.05) is 0 Å². The van der Waals surface area contributed by atoms with E-state index >= 15 is 0 Å². The molecule has 0 aliphatic heterocycles. The largest absolute Gasteiger partial charge is 0.543 e. The minimum atomic E-state index is -1.31. The number of carboxylic acids is 1. The number of hydrogen-bond donors (Lipinski definition) is 0. The van der Waals surface area contributed by atoms with Gasteiger partial charge in [-0.25, -0.2) is 9.50 Å². The third-order valence-corrected chi connectivity index (χ3v) is 2.64. The Labute approximate surface area is 102 Å². The van der Waals surface area contributed by atoms with E-state index in [4.69, 9.17) is 0 Å². The van der Waals surface area contributed by atoms with Crippen LogP contribution in [0.3, 0.4) is 0 Å². The van der Waals surface area contributed by atoms with Gasteiger partial charge in [-0.1, -0.05) is 30.3 Å². The fourth-order valence-electron chi connectivity index (χ4n) is 1.82. The van der Waals surface area contributed by atoms with Crippen molar-refractivity contribution in [2.24, 2.45) is 0 Å². The molecule has 0 aliphatic rings. The number of nitrogens with zero attached hydrogens (tertiary/aromatic N) is 3. The highest BCUT2D eigenvalue weighted by atomic mass is 16.4. The highest BCUT2D eigenvalue weighted by molar-refractivity contribution is 5.85. The zero-order chi connectivity index (χ0) is 12.5. The van der Waals surface area contributed by atoms with Gasteiger partial charge < -0.3 is 9.90 Å². The smallest absolute Gasteiger partial charge is 0.156 e. The predicted molar refractivity (Wildman–Crippen MR) is 62.8 cm³/mol. The van der Waals surface area contributed by atoms with Crippen molar-refractivity contribution in [3.63, 3.8) is 0 Å². The fraction of sp³-hybridized carbons (Fsp3) is 0. The molecular formula is C13H8N3O2-. The number of aromatic carboxylic acids is 1. The SMILES string of the molecule is O=C([O-])c1cc2nccc(-c3ccccc3)n2n1. The molecule has 0 aliphatic carbocycles. The van der Waals surface area contributed by atoms with Crippen molar-refractivity contribution in [2.45, 2.75) is 0 Å². The first-order valence-corrected chi connectivity index (χ1v) is 5.37. The molecule has 0 saturated heterocycles. The van der Waals surface area contributed by atoms with E-state index in [-0.39, 0.29) is 5.69 Å². The summed E-state index contributed by atoms with van der Waals surface area (Å²) in [6.07, 6.45) is 1.62. The second-order valence-electron chi connectivity index (χ2n) is 3.78. The molecule has 3 rings (SSSR count). The van der Waals surface area contributed by atoms with Crippen LogP contribution in [0.1, 0.15) is 10.5 Å². The Bertz CT molecular complexity index is 719. The summed E-state index contributed by atoms with van der Waals surface area (Å²) in [4.78, 5) is 14.9. The van der Waals surface area contributed by atoms with Gasteiger partial charge in [0, 0.05) is 17.8 Å². The van der Waals surface area contributed by atoms with Gasteiger partial charge in [-0.3, -0.25) is 0 Å². The lowest BCUT2D eigenvalue weighted by molar-refractivity contribution is -0.255. The number of rotatable bonds is 2. The molecule has 0 radical (unpaired) electrons. The van der Waals surface area contributed by atoms with Crippen LogP contribution in [0.5, 0.6) is 0 Å². The Balaban J connectivity index is 2.27. The van der Waals surface area contributed by atoms with E-state index in [1.807, 2.05) is 30.3 Å². The molecule has 88 valence electrons. The van der Waals surface area contributed by atoms with Gasteiger partial charge in [0.15, 0.2) is 5.65 Å². The van der Waals surface area contributed by atoms with Crippen LogP contribution in [-0.2, 0) is 0 Å². The van der Waals surface area contributed by atoms with E-state index in [1.165, 1.54) is 10.6 Å². The molecule has 0 saturated carbocycles. The van der Waals surface area contributed by atoms with E-state index in [0.29, 0.717) is 5.65 Å². The molecule has 1 aromatic carbocycles. The second-order valence-corrected chi connectivity index (χ2v) is 3.78. The molecule has 2 heterocycles. The summed E-state index contributed by atoms with van der Waals surface area (Å²) in [6, 6.07) is 12.8. The van der Waals surface area contributed by atoms with Crippen molar-refractivity contribution in [1.29, 1.82) is 0 Å². The minimum absolute atomic E-state index is 0.120. The first kappa shape index (κ1) is 10.5. The van der Waals surface area contributed by atoms with Crippen molar-refractivity contribution in [3.05, 3.63) is 54.4 Å². The fourth-order valence-corrected chi connectivity index (χ4v) is 1.82. The molecule has 0 fully saturated rings. The topological polar surface area (TPSA) is 70.3 Å². The van der Waals surface area contributed by atoms with Crippen LogP contribution in [-0.4, -0.2) is 20.6 Å². The number of carbonyl (C=O) groups excluding carboxylic acids is 1. The summed E-state index contributed by atoms with van der Waals surface area (Å²) < 4.78 is 1.50. The maximum Gasteiger partial charge on any atom is 0.156 e. The summed E-state index contributed by atoms with van der Waals surface area (Å²) in [5, 5.41) is 14.8. The van der Waals surface area contributed by atoms with E-state index in [2.05, 4.69) is 10.1 Å². The molecular weight excluding hydrogens is 230 g/mol. The molecule has 0 amide bonds. The number of aromatic nitrogens is 3. The molecule has 5 heteroatoms. The molecule has 3 aromatic rings. The summed E-state index contributed by atoms with van der Waals surface area (Å²) in [7, 11) is 0. The monoisotopic (exact) mass is 238 g/mol. The zero-order valence-electron chi connectivity index (χ0n) is 9.28. The van der Waals surface area contributed by atoms with E-state index in [1.54, 1.807) is 12.3 Å². The maximum atomic E-state index is 10.8. The van der Waals surface area contributed by atoms with Gasteiger partial charge in [0.25, 0.3) is 0 Å². The minimum Gasteiger partial charge on any atom is -0.543 e. The van der Waals surface area contributed by atoms with E-state index in [0.717, 1.165) is 11.3 Å². The molecule has 0 bridgehead atoms. The molecule has 18 heavy (non-hydrogen) atoms. The first-order valence-electron chi connectivity index (χ1n) is 5.37. The first-order chi connectivity index (χ1) is 8.75. The normalized spacial score (nSPS) is 10.7. The molecule has 2 aromatic heterocycles. The summed E-state index contributed by atoms with van der Waals surface area (Å²) >= 11 is 0. The summed E-state index contributed by atoms with van der Waals surface area (Å²) in [5.74, 6) is -1.31. The summed E-state index contributed by atoms with van der Waals surface area (Å²) in [6.45, 7) is 0. The van der Waals surface area contributed by atoms with Crippen LogP contribution in [0, 0.1) is 0 Å². The molecule has 0 unspecified atom stereocenters. The zero-order valence-corrected chi connectivity index (χ0v) is 9.28. The molecule has 5 nitrogen and oxygen atoms in total. The standard InChI is InChI=1S/C13H9N3O2/c17-13(18)10-8-12-14-7-6-11(16(12)15-10)9-4-2-1-3-5-9/h1-8H,(H,17,18)/p-1. The number of hydrogen-bond acceptors (Lipinski definition) is 4. The van der Waals surface area contributed by atoms with Crippen molar-refractivity contribution >= 4 is 11.6 Å². The van der Waals surface area contributed by atoms with Crippen LogP contribution >= 0.6 is 0 Å². The van der Waals surface area contributed by atoms with Gasteiger partial charge >= 0.3 is 0 Å². The van der Waals surface area contributed by atoms with Crippen molar-refractivity contribution < 1.29 is 9.90 Å². The van der Waals surface area contributed by atoms with Crippen LogP contribution < -0.4 is 5.11 Å². The van der Waals surface area contributed by atoms with Crippen molar-refractivity contribution in [3.8, 4) is 11.3 Å². The average molecular weight is 238 g/mol. The molecule has 0 N–H and O–H groups in total. The van der Waals surface area contributed by atoms with E-state index < -0.39 is 5.97 Å². The highest BCUT2D eigenvalue weighted by Crippen LogP contribution is 2.19. The molecule has 0 atom stereocenters. The van der Waals surface area contributed by atoms with Crippen LogP contribution in [0.2, 0.25) is 0 Å². The van der Waals surface area contributed by atoms with Gasteiger partial charge in [-0.2, -0.15) is 5.10 Å². The maximum absolute atomic E-state index is 10.8. The second kappa shape index (κ2) is 3.96. The third-order valence-electron chi connectivity index (χ3n) is 2.64. The summed E-state index contributed by atoms with van der Waals surface area (Å²) in [5.41, 5.74) is 2.09. The Kier molecular flexibility index (Phi) is 2.30. The van der Waals surface area contributed by atoms with Crippen LogP contribution in [0.15, 0.2) is 48.7 Å². The molecule has 0 spiro atoms. The van der Waals surface area contributed by atoms with Crippen molar-refractivity contribution in [1.82, 2.24) is 14.6 Å². The van der Waals surface area contributed by atoms with Crippen LogP contribution in [0.25, 0.3) is 16.9 Å². The number of carbonyl (C=O) groups is 1. The Hall–Kier alpha value is -2.69. The Morgan fingerprint density at radius 2 is 1.94 bits per heavy atom. The van der Waals surface area contributed by atoms with E-state index in [9.17, 15) is 9.90 Å². The Morgan fingerprint density at radius 3 is 2.67 bits per heavy atom. The number of carboxylic acid groups (broad SMARTS) is 1. The quantitative estimate of drug-likeness (QED) is 0.660. The van der Waals surface area contributed by atoms with Gasteiger partial charge in [0.05, 0.1) is 11.7 Å². The lowest BCUT2D eigenvalue weighted by Gasteiger charge is -2.03. The predicted octanol–water partition coefficient (Wildman–Crippen LogP) is 0.760. The lowest BCUT2D eigenvalue weighted by atomic mass is 10.1. The van der Waals surface area contributed by atoms with Gasteiger partial charge in [-0.05, 0) is 6.07 Å². The number of benzene rings is 1. The Morgan fingerprint density at radius 1 is 1.17 bits per heavy atom. The highest BCUT2D eigenvalue weighted by Gasteiger charge is 2.08.